The summed E-state index contributed by atoms with van der Waals surface area (Å²) < 4.78 is 38.4. The molecule has 6 heteroatoms. The van der Waals surface area contributed by atoms with Gasteiger partial charge in [-0.15, -0.1) is 3.89 Å². The van der Waals surface area contributed by atoms with Gasteiger partial charge in [0.25, 0.3) is 0 Å². The van der Waals surface area contributed by atoms with E-state index in [0.717, 1.165) is 0 Å². The van der Waals surface area contributed by atoms with Crippen LogP contribution in [0.25, 0.3) is 0 Å². The summed E-state index contributed by atoms with van der Waals surface area (Å²) in [7, 11) is -3.53. The average molecular weight is 205 g/mol. The highest BCUT2D eigenvalue weighted by atomic mass is 32.3. The molecule has 0 radical (unpaired) electrons. The fourth-order valence-corrected chi connectivity index (χ4v) is 1.53. The second-order valence-electron chi connectivity index (χ2n) is 2.46. The highest BCUT2D eigenvalue weighted by Crippen LogP contribution is 2.23. The van der Waals surface area contributed by atoms with Crippen molar-refractivity contribution < 1.29 is 17.0 Å². The van der Waals surface area contributed by atoms with Gasteiger partial charge in [0, 0.05) is 6.20 Å². The molecule has 72 valence electrons. The van der Waals surface area contributed by atoms with E-state index in [1.54, 1.807) is 6.92 Å². The third kappa shape index (κ3) is 2.15. The largest absolute Gasteiger partial charge is 0.480 e. The monoisotopic (exact) mass is 205 g/mol. The van der Waals surface area contributed by atoms with E-state index in [9.17, 15) is 12.3 Å². The molecule has 0 fully saturated rings. The minimum atomic E-state index is -4.76. The molecule has 1 aromatic heterocycles. The molecule has 0 aliphatic carbocycles. The van der Waals surface area contributed by atoms with E-state index in [2.05, 4.69) is 9.72 Å². The van der Waals surface area contributed by atoms with Gasteiger partial charge in [-0.3, -0.25) is 0 Å². The molecule has 0 N–H and O–H groups in total. The predicted octanol–water partition coefficient (Wildman–Crippen LogP) is 1.06. The van der Waals surface area contributed by atoms with Gasteiger partial charge in [0.2, 0.25) is 5.88 Å². The number of hydrogen-bond acceptors (Lipinski definition) is 4. The van der Waals surface area contributed by atoms with Crippen molar-refractivity contribution in [2.24, 2.45) is 0 Å². The Balaban J connectivity index is 3.41. The molecule has 0 saturated heterocycles. The summed E-state index contributed by atoms with van der Waals surface area (Å²) in [6, 6.07) is 1.17. The first-order valence-electron chi connectivity index (χ1n) is 3.40. The van der Waals surface area contributed by atoms with E-state index >= 15 is 0 Å². The van der Waals surface area contributed by atoms with Crippen LogP contribution in [0.2, 0.25) is 0 Å². The van der Waals surface area contributed by atoms with Crippen LogP contribution < -0.4 is 4.74 Å². The third-order valence-electron chi connectivity index (χ3n) is 1.41. The zero-order valence-electron chi connectivity index (χ0n) is 7.11. The maximum atomic E-state index is 12.6. The van der Waals surface area contributed by atoms with Crippen LogP contribution in [0.1, 0.15) is 5.56 Å². The summed E-state index contributed by atoms with van der Waals surface area (Å²) in [5.74, 6) is -0.229. The molecule has 1 rings (SSSR count). The number of methoxy groups -OCH3 is 1. The summed E-state index contributed by atoms with van der Waals surface area (Å²) >= 11 is 0. The van der Waals surface area contributed by atoms with Crippen LogP contribution in [0.4, 0.5) is 3.89 Å². The normalized spacial score (nSPS) is 11.3. The zero-order chi connectivity index (χ0) is 10.1. The molecule has 0 amide bonds. The second kappa shape index (κ2) is 3.29. The zero-order valence-corrected chi connectivity index (χ0v) is 7.93. The van der Waals surface area contributed by atoms with Gasteiger partial charge in [-0.25, -0.2) is 4.98 Å². The Morgan fingerprint density at radius 1 is 1.54 bits per heavy atom. The molecule has 0 bridgehead atoms. The Kier molecular flexibility index (Phi) is 2.51. The van der Waals surface area contributed by atoms with Gasteiger partial charge in [-0.2, -0.15) is 8.42 Å². The van der Waals surface area contributed by atoms with E-state index in [0.29, 0.717) is 5.56 Å². The van der Waals surface area contributed by atoms with Crippen molar-refractivity contribution in [3.05, 3.63) is 17.8 Å². The lowest BCUT2D eigenvalue weighted by molar-refractivity contribution is 0.383. The first-order valence-corrected chi connectivity index (χ1v) is 4.79. The van der Waals surface area contributed by atoms with Crippen molar-refractivity contribution in [1.29, 1.82) is 0 Å². The molecular weight excluding hydrogens is 197 g/mol. The topological polar surface area (TPSA) is 56.3 Å². The van der Waals surface area contributed by atoms with Crippen molar-refractivity contribution >= 4 is 10.2 Å². The van der Waals surface area contributed by atoms with Gasteiger partial charge in [0.1, 0.15) is 0 Å². The number of aromatic nitrogens is 1. The Hall–Kier alpha value is -1.17. The Bertz CT molecular complexity index is 416. The SMILES string of the molecule is COc1ncc(C)cc1S(=O)(=O)F. The average Bonchev–Trinajstić information content (AvgIpc) is 2.03. The van der Waals surface area contributed by atoms with Crippen LogP contribution in [0.3, 0.4) is 0 Å². The highest BCUT2D eigenvalue weighted by molar-refractivity contribution is 7.86. The molecule has 0 spiro atoms. The van der Waals surface area contributed by atoms with E-state index in [1.165, 1.54) is 19.4 Å². The van der Waals surface area contributed by atoms with E-state index in [1.807, 2.05) is 0 Å². The molecule has 0 aliphatic rings. The van der Waals surface area contributed by atoms with Crippen LogP contribution in [-0.4, -0.2) is 20.5 Å². The lowest BCUT2D eigenvalue weighted by Gasteiger charge is -2.03. The van der Waals surface area contributed by atoms with Gasteiger partial charge >= 0.3 is 10.2 Å². The minimum absolute atomic E-state index is 0.229. The fraction of sp³-hybridized carbons (Fsp3) is 0.286. The maximum Gasteiger partial charge on any atom is 0.337 e. The van der Waals surface area contributed by atoms with Crippen LogP contribution in [0, 0.1) is 6.92 Å². The number of ether oxygens (including phenoxy) is 1. The molecule has 1 heterocycles. The van der Waals surface area contributed by atoms with Gasteiger partial charge < -0.3 is 4.74 Å². The van der Waals surface area contributed by atoms with Gasteiger partial charge in [0.05, 0.1) is 7.11 Å². The Morgan fingerprint density at radius 3 is 2.62 bits per heavy atom. The first-order chi connectivity index (χ1) is 5.95. The van der Waals surface area contributed by atoms with E-state index in [-0.39, 0.29) is 5.88 Å². The summed E-state index contributed by atoms with van der Waals surface area (Å²) in [6.07, 6.45) is 1.40. The maximum absolute atomic E-state index is 12.6. The Morgan fingerprint density at radius 2 is 2.15 bits per heavy atom. The smallest absolute Gasteiger partial charge is 0.337 e. The third-order valence-corrected chi connectivity index (χ3v) is 2.23. The van der Waals surface area contributed by atoms with E-state index in [4.69, 9.17) is 0 Å². The molecular formula is C7H8FNO3S. The summed E-state index contributed by atoms with van der Waals surface area (Å²) in [5, 5.41) is 0. The quantitative estimate of drug-likeness (QED) is 0.677. The van der Waals surface area contributed by atoms with Gasteiger partial charge in [-0.1, -0.05) is 0 Å². The fourth-order valence-electron chi connectivity index (χ4n) is 0.858. The molecule has 1 aromatic rings. The molecule has 0 atom stereocenters. The number of hydrogen-bond donors (Lipinski definition) is 0. The standard InChI is InChI=1S/C7H8FNO3S/c1-5-3-6(13(8,10)11)7(12-2)9-4-5/h3-4H,1-2H3. The number of aryl methyl sites for hydroxylation is 1. The first kappa shape index (κ1) is 9.91. The summed E-state index contributed by atoms with van der Waals surface area (Å²) in [6.45, 7) is 1.61. The highest BCUT2D eigenvalue weighted by Gasteiger charge is 2.19. The number of nitrogens with zero attached hydrogens (tertiary/aromatic N) is 1. The number of halogens is 1. The molecule has 13 heavy (non-hydrogen) atoms. The molecule has 0 aliphatic heterocycles. The second-order valence-corrected chi connectivity index (χ2v) is 3.77. The van der Waals surface area contributed by atoms with Crippen molar-refractivity contribution in [1.82, 2.24) is 4.98 Å². The van der Waals surface area contributed by atoms with E-state index < -0.39 is 15.1 Å². The predicted molar refractivity (Wildman–Crippen MR) is 43.8 cm³/mol. The minimum Gasteiger partial charge on any atom is -0.480 e. The summed E-state index contributed by atoms with van der Waals surface area (Å²) in [5.41, 5.74) is 0.553. The number of pyridine rings is 1. The molecule has 4 nitrogen and oxygen atoms in total. The molecule has 0 aromatic carbocycles. The lowest BCUT2D eigenvalue weighted by Crippen LogP contribution is -1.99. The van der Waals surface area contributed by atoms with Crippen LogP contribution in [0.5, 0.6) is 5.88 Å². The van der Waals surface area contributed by atoms with Gasteiger partial charge in [-0.05, 0) is 18.6 Å². The van der Waals surface area contributed by atoms with Crippen molar-refractivity contribution in [2.45, 2.75) is 11.8 Å². The lowest BCUT2D eigenvalue weighted by atomic mass is 10.3. The Labute approximate surface area is 75.6 Å². The van der Waals surface area contributed by atoms with Crippen molar-refractivity contribution in [3.8, 4) is 5.88 Å². The van der Waals surface area contributed by atoms with Crippen molar-refractivity contribution in [3.63, 3.8) is 0 Å². The summed E-state index contributed by atoms with van der Waals surface area (Å²) in [4.78, 5) is 3.09. The van der Waals surface area contributed by atoms with Crippen LogP contribution in [-0.2, 0) is 10.2 Å². The number of rotatable bonds is 2. The molecule has 0 saturated carbocycles. The van der Waals surface area contributed by atoms with Crippen LogP contribution >= 0.6 is 0 Å². The molecule has 0 unspecified atom stereocenters. The van der Waals surface area contributed by atoms with Gasteiger partial charge in [0.15, 0.2) is 4.90 Å². The van der Waals surface area contributed by atoms with Crippen molar-refractivity contribution in [2.75, 3.05) is 7.11 Å². The van der Waals surface area contributed by atoms with Crippen LogP contribution in [0.15, 0.2) is 17.2 Å².